The first kappa shape index (κ1) is 11.6. The van der Waals surface area contributed by atoms with Gasteiger partial charge in [0.15, 0.2) is 5.82 Å². The lowest BCUT2D eigenvalue weighted by Gasteiger charge is -2.19. The molecule has 0 saturated carbocycles. The highest BCUT2D eigenvalue weighted by atomic mass is 16.3. The van der Waals surface area contributed by atoms with Gasteiger partial charge in [-0.1, -0.05) is 0 Å². The molecule has 0 radical (unpaired) electrons. The van der Waals surface area contributed by atoms with Crippen LogP contribution < -0.4 is 10.6 Å². The number of aryl methyl sites for hydroxylation is 1. The molecular weight excluding hydrogens is 216 g/mol. The van der Waals surface area contributed by atoms with Gasteiger partial charge in [-0.05, 0) is 19.1 Å². The minimum Gasteiger partial charge on any atom is -0.469 e. The fourth-order valence-corrected chi connectivity index (χ4v) is 1.74. The average Bonchev–Trinajstić information content (AvgIpc) is 2.75. The Bertz CT molecular complexity index is 495. The van der Waals surface area contributed by atoms with E-state index in [1.807, 2.05) is 31.0 Å². The van der Waals surface area contributed by atoms with E-state index in [2.05, 4.69) is 10.2 Å². The Hall–Kier alpha value is -1.88. The van der Waals surface area contributed by atoms with Crippen LogP contribution >= 0.6 is 0 Å². The Balaban J connectivity index is 2.20. The van der Waals surface area contributed by atoms with Crippen LogP contribution in [-0.2, 0) is 13.1 Å². The maximum absolute atomic E-state index is 5.68. The molecule has 0 atom stereocenters. The van der Waals surface area contributed by atoms with Crippen LogP contribution in [0.3, 0.4) is 0 Å². The van der Waals surface area contributed by atoms with Crippen molar-refractivity contribution in [2.45, 2.75) is 20.0 Å². The SMILES string of the molecule is Cc1occc1CN(C)c1nnccc1CN. The highest BCUT2D eigenvalue weighted by Gasteiger charge is 2.11. The number of aromatic nitrogens is 2. The van der Waals surface area contributed by atoms with E-state index < -0.39 is 0 Å². The number of hydrogen-bond donors (Lipinski definition) is 1. The molecule has 5 heteroatoms. The molecule has 0 unspecified atom stereocenters. The van der Waals surface area contributed by atoms with Crippen molar-refractivity contribution in [1.29, 1.82) is 0 Å². The molecule has 0 aliphatic rings. The van der Waals surface area contributed by atoms with Crippen LogP contribution in [0.25, 0.3) is 0 Å². The summed E-state index contributed by atoms with van der Waals surface area (Å²) in [4.78, 5) is 2.02. The largest absolute Gasteiger partial charge is 0.469 e. The summed E-state index contributed by atoms with van der Waals surface area (Å²) in [5, 5.41) is 8.02. The van der Waals surface area contributed by atoms with E-state index >= 15 is 0 Å². The summed E-state index contributed by atoms with van der Waals surface area (Å²) in [6, 6.07) is 3.85. The topological polar surface area (TPSA) is 68.2 Å². The fraction of sp³-hybridized carbons (Fsp3) is 0.333. The maximum Gasteiger partial charge on any atom is 0.155 e. The van der Waals surface area contributed by atoms with Gasteiger partial charge in [0, 0.05) is 31.3 Å². The molecule has 0 aromatic carbocycles. The van der Waals surface area contributed by atoms with Crippen molar-refractivity contribution in [2.75, 3.05) is 11.9 Å². The van der Waals surface area contributed by atoms with Crippen molar-refractivity contribution in [3.05, 3.63) is 41.5 Å². The van der Waals surface area contributed by atoms with Crippen LogP contribution in [0.2, 0.25) is 0 Å². The Kier molecular flexibility index (Phi) is 3.39. The third-order valence-corrected chi connectivity index (χ3v) is 2.74. The van der Waals surface area contributed by atoms with Crippen molar-refractivity contribution in [3.8, 4) is 0 Å². The third kappa shape index (κ3) is 2.45. The van der Waals surface area contributed by atoms with Crippen LogP contribution in [0.1, 0.15) is 16.9 Å². The van der Waals surface area contributed by atoms with Gasteiger partial charge in [-0.2, -0.15) is 5.10 Å². The van der Waals surface area contributed by atoms with Crippen molar-refractivity contribution in [1.82, 2.24) is 10.2 Å². The van der Waals surface area contributed by atoms with Gasteiger partial charge in [-0.25, -0.2) is 0 Å². The van der Waals surface area contributed by atoms with E-state index in [0.717, 1.165) is 29.2 Å². The molecule has 2 aromatic rings. The molecule has 5 nitrogen and oxygen atoms in total. The zero-order chi connectivity index (χ0) is 12.3. The number of hydrogen-bond acceptors (Lipinski definition) is 5. The lowest BCUT2D eigenvalue weighted by atomic mass is 10.2. The average molecular weight is 232 g/mol. The maximum atomic E-state index is 5.68. The van der Waals surface area contributed by atoms with Gasteiger partial charge in [0.1, 0.15) is 5.76 Å². The molecule has 0 aliphatic heterocycles. The summed E-state index contributed by atoms with van der Waals surface area (Å²) in [7, 11) is 1.97. The first-order valence-electron chi connectivity index (χ1n) is 5.47. The van der Waals surface area contributed by atoms with Gasteiger partial charge in [0.05, 0.1) is 12.5 Å². The predicted octanol–water partition coefficient (Wildman–Crippen LogP) is 1.47. The van der Waals surface area contributed by atoms with E-state index in [9.17, 15) is 0 Å². The Morgan fingerprint density at radius 1 is 1.35 bits per heavy atom. The number of nitrogens with zero attached hydrogens (tertiary/aromatic N) is 3. The molecule has 90 valence electrons. The number of furan rings is 1. The summed E-state index contributed by atoms with van der Waals surface area (Å²) >= 11 is 0. The summed E-state index contributed by atoms with van der Waals surface area (Å²) in [6.45, 7) is 3.14. The summed E-state index contributed by atoms with van der Waals surface area (Å²) in [5.74, 6) is 1.74. The standard InChI is InChI=1S/C12H16N4O/c1-9-11(4-6-17-9)8-16(2)12-10(7-13)3-5-14-15-12/h3-6H,7-8,13H2,1-2H3. The summed E-state index contributed by atoms with van der Waals surface area (Å²) in [6.07, 6.45) is 3.35. The molecular formula is C12H16N4O. The minimum absolute atomic E-state index is 0.458. The fourth-order valence-electron chi connectivity index (χ4n) is 1.74. The Morgan fingerprint density at radius 2 is 2.18 bits per heavy atom. The first-order chi connectivity index (χ1) is 8.22. The number of rotatable bonds is 4. The number of nitrogens with two attached hydrogens (primary N) is 1. The second-order valence-corrected chi connectivity index (χ2v) is 3.94. The molecule has 2 heterocycles. The minimum atomic E-state index is 0.458. The van der Waals surface area contributed by atoms with Gasteiger partial charge in [-0.15, -0.1) is 5.10 Å². The summed E-state index contributed by atoms with van der Waals surface area (Å²) in [5.41, 5.74) is 7.81. The molecule has 0 spiro atoms. The third-order valence-electron chi connectivity index (χ3n) is 2.74. The first-order valence-corrected chi connectivity index (χ1v) is 5.47. The van der Waals surface area contributed by atoms with Crippen molar-refractivity contribution >= 4 is 5.82 Å². The lowest BCUT2D eigenvalue weighted by molar-refractivity contribution is 0.529. The highest BCUT2D eigenvalue weighted by molar-refractivity contribution is 5.45. The van der Waals surface area contributed by atoms with E-state index in [1.54, 1.807) is 12.5 Å². The lowest BCUT2D eigenvalue weighted by Crippen LogP contribution is -2.20. The van der Waals surface area contributed by atoms with E-state index in [1.165, 1.54) is 0 Å². The molecule has 0 saturated heterocycles. The van der Waals surface area contributed by atoms with Crippen LogP contribution in [-0.4, -0.2) is 17.2 Å². The van der Waals surface area contributed by atoms with Crippen molar-refractivity contribution < 1.29 is 4.42 Å². The predicted molar refractivity (Wildman–Crippen MR) is 65.5 cm³/mol. The van der Waals surface area contributed by atoms with Crippen molar-refractivity contribution in [2.24, 2.45) is 5.73 Å². The van der Waals surface area contributed by atoms with Gasteiger partial charge < -0.3 is 15.1 Å². The quantitative estimate of drug-likeness (QED) is 0.864. The monoisotopic (exact) mass is 232 g/mol. The Labute approximate surface area is 100 Å². The molecule has 0 bridgehead atoms. The highest BCUT2D eigenvalue weighted by Crippen LogP contribution is 2.18. The summed E-state index contributed by atoms with van der Waals surface area (Å²) < 4.78 is 5.27. The molecule has 2 aromatic heterocycles. The Morgan fingerprint density at radius 3 is 2.82 bits per heavy atom. The van der Waals surface area contributed by atoms with Crippen LogP contribution in [0.15, 0.2) is 29.0 Å². The molecule has 17 heavy (non-hydrogen) atoms. The molecule has 2 rings (SSSR count). The molecule has 0 aliphatic carbocycles. The molecule has 0 amide bonds. The normalized spacial score (nSPS) is 10.5. The zero-order valence-electron chi connectivity index (χ0n) is 10.1. The van der Waals surface area contributed by atoms with E-state index in [4.69, 9.17) is 10.2 Å². The number of anilines is 1. The second kappa shape index (κ2) is 4.97. The van der Waals surface area contributed by atoms with Gasteiger partial charge in [-0.3, -0.25) is 0 Å². The van der Waals surface area contributed by atoms with Crippen molar-refractivity contribution in [3.63, 3.8) is 0 Å². The van der Waals surface area contributed by atoms with Crippen LogP contribution in [0, 0.1) is 6.92 Å². The van der Waals surface area contributed by atoms with Gasteiger partial charge in [0.25, 0.3) is 0 Å². The second-order valence-electron chi connectivity index (χ2n) is 3.94. The van der Waals surface area contributed by atoms with Gasteiger partial charge >= 0.3 is 0 Å². The molecule has 0 fully saturated rings. The zero-order valence-corrected chi connectivity index (χ0v) is 10.1. The van der Waals surface area contributed by atoms with E-state index in [-0.39, 0.29) is 0 Å². The van der Waals surface area contributed by atoms with Crippen LogP contribution in [0.5, 0.6) is 0 Å². The molecule has 2 N–H and O–H groups in total. The van der Waals surface area contributed by atoms with Gasteiger partial charge in [0.2, 0.25) is 0 Å². The smallest absolute Gasteiger partial charge is 0.155 e. The van der Waals surface area contributed by atoms with E-state index in [0.29, 0.717) is 6.54 Å². The van der Waals surface area contributed by atoms with Crippen LogP contribution in [0.4, 0.5) is 5.82 Å².